The monoisotopic (exact) mass is 392 g/mol. The predicted molar refractivity (Wildman–Crippen MR) is 94.4 cm³/mol. The molecule has 1 amide bonds. The van der Waals surface area contributed by atoms with Crippen molar-refractivity contribution in [3.05, 3.63) is 70.9 Å². The maximum atomic E-state index is 12.7. The number of aryl methyl sites for hydroxylation is 1. The molecule has 0 bridgehead atoms. The van der Waals surface area contributed by atoms with Gasteiger partial charge >= 0.3 is 6.18 Å². The Morgan fingerprint density at radius 1 is 1.15 bits per heavy atom. The Bertz CT molecular complexity index is 994. The van der Waals surface area contributed by atoms with Gasteiger partial charge in [-0.25, -0.2) is 4.98 Å². The number of hydrogen-bond donors (Lipinski definition) is 1. The summed E-state index contributed by atoms with van der Waals surface area (Å²) in [6.45, 7) is 1.34. The summed E-state index contributed by atoms with van der Waals surface area (Å²) >= 11 is 6.17. The van der Waals surface area contributed by atoms with Crippen molar-refractivity contribution in [2.75, 3.05) is 5.32 Å². The third-order valence-electron chi connectivity index (χ3n) is 3.68. The van der Waals surface area contributed by atoms with E-state index in [2.05, 4.69) is 20.3 Å². The fourth-order valence-corrected chi connectivity index (χ4v) is 2.61. The van der Waals surface area contributed by atoms with Crippen LogP contribution in [-0.4, -0.2) is 20.9 Å². The van der Waals surface area contributed by atoms with Crippen LogP contribution in [0.2, 0.25) is 5.02 Å². The SMILES string of the molecule is Cc1nc(C(F)(F)F)ccc1C(=O)Nc1ccc(Cl)c(-c2cnccn2)c1. The molecule has 0 unspecified atom stereocenters. The average Bonchev–Trinajstić information content (AvgIpc) is 2.63. The first kappa shape index (κ1) is 18.8. The molecule has 0 fully saturated rings. The molecular weight excluding hydrogens is 381 g/mol. The van der Waals surface area contributed by atoms with E-state index in [1.807, 2.05) is 0 Å². The van der Waals surface area contributed by atoms with Crippen LogP contribution in [0.5, 0.6) is 0 Å². The van der Waals surface area contributed by atoms with Gasteiger partial charge in [-0.1, -0.05) is 11.6 Å². The zero-order valence-electron chi connectivity index (χ0n) is 13.9. The highest BCUT2D eigenvalue weighted by Gasteiger charge is 2.33. The minimum Gasteiger partial charge on any atom is -0.322 e. The second-order valence-electron chi connectivity index (χ2n) is 5.57. The molecule has 3 aromatic rings. The Morgan fingerprint density at radius 3 is 2.56 bits per heavy atom. The molecular formula is C18H12ClF3N4O. The summed E-state index contributed by atoms with van der Waals surface area (Å²) in [7, 11) is 0. The van der Waals surface area contributed by atoms with Gasteiger partial charge in [-0.05, 0) is 37.3 Å². The second-order valence-corrected chi connectivity index (χ2v) is 5.97. The van der Waals surface area contributed by atoms with E-state index in [0.29, 0.717) is 22.0 Å². The predicted octanol–water partition coefficient (Wildman–Crippen LogP) is 4.77. The van der Waals surface area contributed by atoms with Crippen molar-refractivity contribution in [2.24, 2.45) is 0 Å². The van der Waals surface area contributed by atoms with E-state index in [0.717, 1.165) is 12.1 Å². The Hall–Kier alpha value is -3.00. The van der Waals surface area contributed by atoms with Crippen LogP contribution < -0.4 is 5.32 Å². The van der Waals surface area contributed by atoms with Gasteiger partial charge in [0.05, 0.1) is 28.2 Å². The molecule has 0 spiro atoms. The molecule has 1 N–H and O–H groups in total. The van der Waals surface area contributed by atoms with E-state index in [9.17, 15) is 18.0 Å². The molecule has 1 aromatic carbocycles. The van der Waals surface area contributed by atoms with Crippen LogP contribution in [0.15, 0.2) is 48.9 Å². The van der Waals surface area contributed by atoms with Gasteiger partial charge in [0.2, 0.25) is 0 Å². The van der Waals surface area contributed by atoms with Gasteiger partial charge in [-0.15, -0.1) is 0 Å². The molecule has 0 aliphatic carbocycles. The number of hydrogen-bond acceptors (Lipinski definition) is 4. The van der Waals surface area contributed by atoms with Crippen molar-refractivity contribution in [3.63, 3.8) is 0 Å². The number of rotatable bonds is 3. The lowest BCUT2D eigenvalue weighted by Crippen LogP contribution is -2.16. The molecule has 5 nitrogen and oxygen atoms in total. The number of anilines is 1. The van der Waals surface area contributed by atoms with Crippen molar-refractivity contribution in [2.45, 2.75) is 13.1 Å². The van der Waals surface area contributed by atoms with Crippen LogP contribution >= 0.6 is 11.6 Å². The minimum atomic E-state index is -4.57. The summed E-state index contributed by atoms with van der Waals surface area (Å²) in [6.07, 6.45) is -0.0180. The van der Waals surface area contributed by atoms with E-state index in [1.54, 1.807) is 18.2 Å². The Balaban J connectivity index is 1.87. The Morgan fingerprint density at radius 2 is 1.93 bits per heavy atom. The van der Waals surface area contributed by atoms with Crippen molar-refractivity contribution in [1.29, 1.82) is 0 Å². The first-order valence-corrected chi connectivity index (χ1v) is 8.05. The fraction of sp³-hybridized carbons (Fsp3) is 0.111. The second kappa shape index (κ2) is 7.32. The van der Waals surface area contributed by atoms with Gasteiger partial charge in [0.15, 0.2) is 0 Å². The van der Waals surface area contributed by atoms with Crippen molar-refractivity contribution >= 4 is 23.2 Å². The zero-order valence-corrected chi connectivity index (χ0v) is 14.6. The number of nitrogens with one attached hydrogen (secondary N) is 1. The van der Waals surface area contributed by atoms with E-state index in [-0.39, 0.29) is 11.3 Å². The van der Waals surface area contributed by atoms with E-state index < -0.39 is 17.8 Å². The number of halogens is 4. The van der Waals surface area contributed by atoms with Crippen molar-refractivity contribution < 1.29 is 18.0 Å². The standard InChI is InChI=1S/C18H12ClF3N4O/c1-10-12(3-5-16(25-10)18(20,21)22)17(27)26-11-2-4-14(19)13(8-11)15-9-23-6-7-24-15/h2-9H,1H3,(H,26,27). The fourth-order valence-electron chi connectivity index (χ4n) is 2.39. The van der Waals surface area contributed by atoms with Crippen LogP contribution in [0.1, 0.15) is 21.7 Å². The smallest absolute Gasteiger partial charge is 0.322 e. The molecule has 0 saturated heterocycles. The normalized spacial score (nSPS) is 11.3. The summed E-state index contributed by atoms with van der Waals surface area (Å²) in [4.78, 5) is 24.0. The van der Waals surface area contributed by atoms with Gasteiger partial charge < -0.3 is 5.32 Å². The van der Waals surface area contributed by atoms with Crippen LogP contribution in [0.4, 0.5) is 18.9 Å². The topological polar surface area (TPSA) is 67.8 Å². The third-order valence-corrected chi connectivity index (χ3v) is 4.01. The average molecular weight is 393 g/mol. The van der Waals surface area contributed by atoms with Gasteiger partial charge in [0.1, 0.15) is 5.69 Å². The highest BCUT2D eigenvalue weighted by atomic mass is 35.5. The van der Waals surface area contributed by atoms with Gasteiger partial charge in [-0.2, -0.15) is 13.2 Å². The number of pyridine rings is 1. The molecule has 3 rings (SSSR count). The summed E-state index contributed by atoms with van der Waals surface area (Å²) in [5, 5.41) is 3.05. The molecule has 0 aliphatic rings. The van der Waals surface area contributed by atoms with Gasteiger partial charge in [0.25, 0.3) is 5.91 Å². The number of benzene rings is 1. The lowest BCUT2D eigenvalue weighted by atomic mass is 10.1. The first-order chi connectivity index (χ1) is 12.8. The summed E-state index contributed by atoms with van der Waals surface area (Å²) in [6, 6.07) is 6.64. The lowest BCUT2D eigenvalue weighted by molar-refractivity contribution is -0.141. The van der Waals surface area contributed by atoms with Gasteiger partial charge in [-0.3, -0.25) is 14.8 Å². The van der Waals surface area contributed by atoms with Crippen LogP contribution in [0.3, 0.4) is 0 Å². The van der Waals surface area contributed by atoms with E-state index in [4.69, 9.17) is 11.6 Å². The summed E-state index contributed by atoms with van der Waals surface area (Å²) in [5.74, 6) is -0.582. The molecule has 0 saturated carbocycles. The third kappa shape index (κ3) is 4.22. The minimum absolute atomic E-state index is 0.0227. The largest absolute Gasteiger partial charge is 0.433 e. The van der Waals surface area contributed by atoms with E-state index >= 15 is 0 Å². The van der Waals surface area contributed by atoms with Crippen LogP contribution in [0.25, 0.3) is 11.3 Å². The molecule has 0 aliphatic heterocycles. The summed E-state index contributed by atoms with van der Waals surface area (Å²) in [5.41, 5.74) is 0.456. The maximum absolute atomic E-state index is 12.7. The quantitative estimate of drug-likeness (QED) is 0.697. The number of carbonyl (C=O) groups excluding carboxylic acids is 1. The lowest BCUT2D eigenvalue weighted by Gasteiger charge is -2.12. The van der Waals surface area contributed by atoms with Crippen molar-refractivity contribution in [3.8, 4) is 11.3 Å². The molecule has 9 heteroatoms. The highest BCUT2D eigenvalue weighted by molar-refractivity contribution is 6.33. The van der Waals surface area contributed by atoms with Gasteiger partial charge in [0, 0.05) is 23.6 Å². The molecule has 0 atom stereocenters. The highest BCUT2D eigenvalue weighted by Crippen LogP contribution is 2.30. The van der Waals surface area contributed by atoms with Crippen LogP contribution in [-0.2, 0) is 6.18 Å². The molecule has 0 radical (unpaired) electrons. The number of amides is 1. The molecule has 138 valence electrons. The number of aromatic nitrogens is 3. The van der Waals surface area contributed by atoms with E-state index in [1.165, 1.54) is 25.5 Å². The number of alkyl halides is 3. The maximum Gasteiger partial charge on any atom is 0.433 e. The van der Waals surface area contributed by atoms with Crippen molar-refractivity contribution in [1.82, 2.24) is 15.0 Å². The zero-order chi connectivity index (χ0) is 19.6. The summed E-state index contributed by atoms with van der Waals surface area (Å²) < 4.78 is 38.1. The number of nitrogens with zero attached hydrogens (tertiary/aromatic N) is 3. The number of carbonyl (C=O) groups is 1. The Kier molecular flexibility index (Phi) is 5.09. The molecule has 2 heterocycles. The molecule has 2 aromatic heterocycles. The van der Waals surface area contributed by atoms with Crippen LogP contribution in [0, 0.1) is 6.92 Å². The molecule has 27 heavy (non-hydrogen) atoms. The first-order valence-electron chi connectivity index (χ1n) is 7.68. The Labute approximate surface area is 157 Å².